The standard InChI is InChI=1S/C23H33N5O3/c1-2-31-22(30)18-10-6-7-11-19(18)25-21(29)20-12-13-23(27-26-20,28-15-14-24-16-28)17-8-4-3-5-9-17/h14-17,20H,2-13H2,1H3,(H,25,29). The third-order valence-electron chi connectivity index (χ3n) is 6.93. The summed E-state index contributed by atoms with van der Waals surface area (Å²) in [7, 11) is 0. The van der Waals surface area contributed by atoms with Crippen molar-refractivity contribution in [3.05, 3.63) is 30.0 Å². The quantitative estimate of drug-likeness (QED) is 0.687. The average molecular weight is 428 g/mol. The van der Waals surface area contributed by atoms with Crippen molar-refractivity contribution < 1.29 is 14.3 Å². The summed E-state index contributed by atoms with van der Waals surface area (Å²) < 4.78 is 7.26. The van der Waals surface area contributed by atoms with E-state index >= 15 is 0 Å². The molecule has 31 heavy (non-hydrogen) atoms. The fraction of sp³-hybridized carbons (Fsp3) is 0.696. The number of imidazole rings is 1. The molecule has 8 heteroatoms. The van der Waals surface area contributed by atoms with E-state index in [9.17, 15) is 9.59 Å². The minimum atomic E-state index is -0.530. The summed E-state index contributed by atoms with van der Waals surface area (Å²) >= 11 is 0. The van der Waals surface area contributed by atoms with E-state index in [4.69, 9.17) is 9.85 Å². The first-order valence-corrected chi connectivity index (χ1v) is 11.7. The Balaban J connectivity index is 1.51. The second kappa shape index (κ2) is 9.75. The summed E-state index contributed by atoms with van der Waals surface area (Å²) in [5.74, 6) is -0.0794. The van der Waals surface area contributed by atoms with E-state index in [2.05, 4.69) is 20.0 Å². The Hall–Kier alpha value is -2.51. The molecule has 1 fully saturated rings. The molecule has 0 saturated heterocycles. The van der Waals surface area contributed by atoms with Crippen molar-refractivity contribution in [3.8, 4) is 0 Å². The molecule has 2 aliphatic carbocycles. The highest BCUT2D eigenvalue weighted by molar-refractivity contribution is 5.91. The van der Waals surface area contributed by atoms with Crippen LogP contribution < -0.4 is 5.32 Å². The van der Waals surface area contributed by atoms with Crippen LogP contribution in [0.3, 0.4) is 0 Å². The highest BCUT2D eigenvalue weighted by atomic mass is 16.5. The molecule has 3 aliphatic rings. The molecule has 1 amide bonds. The summed E-state index contributed by atoms with van der Waals surface area (Å²) in [4.78, 5) is 29.5. The lowest BCUT2D eigenvalue weighted by Gasteiger charge is -2.42. The van der Waals surface area contributed by atoms with Gasteiger partial charge in [0.2, 0.25) is 0 Å². The van der Waals surface area contributed by atoms with Gasteiger partial charge in [-0.15, -0.1) is 0 Å². The van der Waals surface area contributed by atoms with Gasteiger partial charge in [-0.3, -0.25) is 4.79 Å². The molecular formula is C23H33N5O3. The zero-order chi connectivity index (χ0) is 21.7. The molecule has 8 nitrogen and oxygen atoms in total. The monoisotopic (exact) mass is 427 g/mol. The van der Waals surface area contributed by atoms with Crippen molar-refractivity contribution in [2.75, 3.05) is 6.61 Å². The van der Waals surface area contributed by atoms with Crippen LogP contribution in [0.5, 0.6) is 0 Å². The van der Waals surface area contributed by atoms with Gasteiger partial charge in [0.1, 0.15) is 6.04 Å². The third-order valence-corrected chi connectivity index (χ3v) is 6.93. The first-order chi connectivity index (χ1) is 15.1. The molecule has 2 heterocycles. The van der Waals surface area contributed by atoms with Gasteiger partial charge in [-0.2, -0.15) is 10.2 Å². The number of hydrogen-bond donors (Lipinski definition) is 1. The van der Waals surface area contributed by atoms with Gasteiger partial charge < -0.3 is 14.6 Å². The van der Waals surface area contributed by atoms with Crippen molar-refractivity contribution >= 4 is 11.9 Å². The second-order valence-electron chi connectivity index (χ2n) is 8.83. The minimum absolute atomic E-state index is 0.176. The van der Waals surface area contributed by atoms with Crippen molar-refractivity contribution in [2.24, 2.45) is 16.1 Å². The molecular weight excluding hydrogens is 394 g/mol. The van der Waals surface area contributed by atoms with Crippen molar-refractivity contribution in [1.82, 2.24) is 14.9 Å². The van der Waals surface area contributed by atoms with E-state index in [0.717, 1.165) is 32.1 Å². The summed E-state index contributed by atoms with van der Waals surface area (Å²) in [5.41, 5.74) is 0.862. The molecule has 0 bridgehead atoms. The number of rotatable bonds is 6. The maximum Gasteiger partial charge on any atom is 0.335 e. The molecule has 2 unspecified atom stereocenters. The molecule has 0 spiro atoms. The van der Waals surface area contributed by atoms with Gasteiger partial charge >= 0.3 is 5.97 Å². The van der Waals surface area contributed by atoms with Crippen LogP contribution in [0.25, 0.3) is 0 Å². The number of esters is 1. The van der Waals surface area contributed by atoms with Crippen LogP contribution in [0, 0.1) is 5.92 Å². The zero-order valence-corrected chi connectivity index (χ0v) is 18.4. The van der Waals surface area contributed by atoms with E-state index in [0.29, 0.717) is 43.1 Å². The lowest BCUT2D eigenvalue weighted by molar-refractivity contribution is -0.138. The Morgan fingerprint density at radius 2 is 1.97 bits per heavy atom. The molecule has 1 N–H and O–H groups in total. The van der Waals surface area contributed by atoms with E-state index in [-0.39, 0.29) is 11.9 Å². The molecule has 1 aromatic heterocycles. The summed E-state index contributed by atoms with van der Waals surface area (Å²) in [6.07, 6.45) is 16.1. The lowest BCUT2D eigenvalue weighted by Crippen LogP contribution is -2.45. The lowest BCUT2D eigenvalue weighted by atomic mass is 9.76. The highest BCUT2D eigenvalue weighted by Crippen LogP contribution is 2.44. The van der Waals surface area contributed by atoms with E-state index in [1.54, 1.807) is 13.1 Å². The van der Waals surface area contributed by atoms with E-state index < -0.39 is 11.7 Å². The van der Waals surface area contributed by atoms with Gasteiger partial charge in [-0.05, 0) is 58.3 Å². The number of azo groups is 1. The number of amides is 1. The predicted molar refractivity (Wildman–Crippen MR) is 115 cm³/mol. The van der Waals surface area contributed by atoms with E-state index in [1.807, 2.05) is 12.5 Å². The molecule has 1 aliphatic heterocycles. The fourth-order valence-electron chi connectivity index (χ4n) is 5.26. The summed E-state index contributed by atoms with van der Waals surface area (Å²) in [6.45, 7) is 2.12. The van der Waals surface area contributed by atoms with Gasteiger partial charge in [0.05, 0.1) is 18.5 Å². The van der Waals surface area contributed by atoms with Crippen LogP contribution in [0.2, 0.25) is 0 Å². The molecule has 1 aromatic rings. The number of carbonyl (C=O) groups excluding carboxylic acids is 2. The number of nitrogens with one attached hydrogen (secondary N) is 1. The molecule has 1 saturated carbocycles. The number of nitrogens with zero attached hydrogens (tertiary/aromatic N) is 4. The average Bonchev–Trinajstić information content (AvgIpc) is 3.36. The Bertz CT molecular complexity index is 841. The molecule has 0 radical (unpaired) electrons. The normalized spacial score (nSPS) is 27.2. The smallest absolute Gasteiger partial charge is 0.335 e. The Kier molecular flexibility index (Phi) is 6.83. The predicted octanol–water partition coefficient (Wildman–Crippen LogP) is 4.24. The van der Waals surface area contributed by atoms with Gasteiger partial charge in [-0.1, -0.05) is 19.3 Å². The minimum Gasteiger partial charge on any atom is -0.463 e. The van der Waals surface area contributed by atoms with Gasteiger partial charge in [0, 0.05) is 24.0 Å². The van der Waals surface area contributed by atoms with Gasteiger partial charge in [-0.25, -0.2) is 9.78 Å². The molecule has 168 valence electrons. The van der Waals surface area contributed by atoms with Crippen LogP contribution in [-0.4, -0.2) is 34.1 Å². The largest absolute Gasteiger partial charge is 0.463 e. The Morgan fingerprint density at radius 3 is 2.65 bits per heavy atom. The molecule has 2 atom stereocenters. The Morgan fingerprint density at radius 1 is 1.16 bits per heavy atom. The Labute approximate surface area is 183 Å². The first kappa shape index (κ1) is 21.7. The third kappa shape index (κ3) is 4.57. The maximum atomic E-state index is 13.0. The first-order valence-electron chi connectivity index (χ1n) is 11.7. The topological polar surface area (TPSA) is 97.9 Å². The summed E-state index contributed by atoms with van der Waals surface area (Å²) in [6, 6.07) is -0.530. The zero-order valence-electron chi connectivity index (χ0n) is 18.4. The molecule has 0 aromatic carbocycles. The van der Waals surface area contributed by atoms with Crippen molar-refractivity contribution in [1.29, 1.82) is 0 Å². The SMILES string of the molecule is CCOC(=O)C1=C(NC(=O)C2CCC(C3CCCCC3)(n3ccnc3)N=N2)CCCC1. The van der Waals surface area contributed by atoms with Gasteiger partial charge in [0.15, 0.2) is 5.66 Å². The van der Waals surface area contributed by atoms with Crippen LogP contribution in [0.4, 0.5) is 0 Å². The van der Waals surface area contributed by atoms with Crippen molar-refractivity contribution in [2.45, 2.75) is 89.3 Å². The number of carbonyl (C=O) groups is 2. The number of ether oxygens (including phenoxy) is 1. The number of allylic oxidation sites excluding steroid dienone is 1. The van der Waals surface area contributed by atoms with E-state index in [1.165, 1.54) is 19.3 Å². The summed E-state index contributed by atoms with van der Waals surface area (Å²) in [5, 5.41) is 12.3. The van der Waals surface area contributed by atoms with Crippen molar-refractivity contribution in [3.63, 3.8) is 0 Å². The number of hydrogen-bond acceptors (Lipinski definition) is 6. The fourth-order valence-corrected chi connectivity index (χ4v) is 5.26. The van der Waals surface area contributed by atoms with Crippen LogP contribution in [-0.2, 0) is 20.0 Å². The maximum absolute atomic E-state index is 13.0. The van der Waals surface area contributed by atoms with Crippen LogP contribution in [0.15, 0.2) is 40.2 Å². The second-order valence-corrected chi connectivity index (χ2v) is 8.83. The number of aromatic nitrogens is 2. The van der Waals surface area contributed by atoms with Crippen LogP contribution in [0.1, 0.15) is 77.6 Å². The van der Waals surface area contributed by atoms with Crippen LogP contribution >= 0.6 is 0 Å². The van der Waals surface area contributed by atoms with Gasteiger partial charge in [0.25, 0.3) is 5.91 Å². The highest BCUT2D eigenvalue weighted by Gasteiger charge is 2.44. The molecule has 4 rings (SSSR count).